The molecule has 0 atom stereocenters. The third-order valence-electron chi connectivity index (χ3n) is 5.49. The molecule has 0 radical (unpaired) electrons. The number of halogens is 2. The van der Waals surface area contributed by atoms with E-state index in [2.05, 4.69) is 0 Å². The molecule has 0 aliphatic carbocycles. The number of hydrogen-bond donors (Lipinski definition) is 0. The summed E-state index contributed by atoms with van der Waals surface area (Å²) in [6.07, 6.45) is 1.62. The number of ketones is 1. The highest BCUT2D eigenvalue weighted by Gasteiger charge is 2.31. The predicted octanol–water partition coefficient (Wildman–Crippen LogP) is 6.52. The monoisotopic (exact) mass is 500 g/mol. The Morgan fingerprint density at radius 2 is 1.56 bits per heavy atom. The van der Waals surface area contributed by atoms with Gasteiger partial charge >= 0.3 is 0 Å². The molecule has 0 amide bonds. The molecule has 0 N–H and O–H groups in total. The molecule has 6 nitrogen and oxygen atoms in total. The lowest BCUT2D eigenvalue weighted by atomic mass is 10.1. The van der Waals surface area contributed by atoms with Crippen LogP contribution in [0.3, 0.4) is 0 Å². The summed E-state index contributed by atoms with van der Waals surface area (Å²) >= 11 is 12.5. The van der Waals surface area contributed by atoms with Crippen LogP contribution in [0.4, 0.5) is 0 Å². The number of hydrogen-bond acceptors (Lipinski definition) is 6. The Kier molecular flexibility index (Phi) is 6.91. The highest BCUT2D eigenvalue weighted by Crippen LogP contribution is 2.43. The Balaban J connectivity index is 1.64. The van der Waals surface area contributed by atoms with Crippen molar-refractivity contribution < 1.29 is 28.5 Å². The molecular formula is C26H22Cl2O6. The van der Waals surface area contributed by atoms with Gasteiger partial charge in [-0.1, -0.05) is 29.3 Å². The first-order chi connectivity index (χ1) is 16.4. The molecule has 8 heteroatoms. The van der Waals surface area contributed by atoms with E-state index in [9.17, 15) is 4.79 Å². The summed E-state index contributed by atoms with van der Waals surface area (Å²) in [7, 11) is 4.58. The van der Waals surface area contributed by atoms with Crippen LogP contribution < -0.4 is 23.7 Å². The number of benzene rings is 3. The van der Waals surface area contributed by atoms with Crippen molar-refractivity contribution in [2.75, 3.05) is 21.3 Å². The Hall–Kier alpha value is -3.35. The minimum Gasteiger partial charge on any atom is -0.493 e. The Bertz CT molecular complexity index is 1280. The van der Waals surface area contributed by atoms with Crippen LogP contribution in [0.25, 0.3) is 6.08 Å². The first-order valence-corrected chi connectivity index (χ1v) is 11.1. The van der Waals surface area contributed by atoms with Crippen LogP contribution in [0.2, 0.25) is 10.0 Å². The first-order valence-electron chi connectivity index (χ1n) is 10.3. The SMILES string of the molecule is COc1ccc(/C=C2\Oc3c(ccc(OCc4c(Cl)cccc4Cl)c3C)C2=O)c(OC)c1OC. The summed E-state index contributed by atoms with van der Waals surface area (Å²) < 4.78 is 28.2. The number of carbonyl (C=O) groups excluding carboxylic acids is 1. The van der Waals surface area contributed by atoms with Gasteiger partial charge in [-0.2, -0.15) is 0 Å². The molecule has 4 rings (SSSR count). The van der Waals surface area contributed by atoms with Gasteiger partial charge in [-0.15, -0.1) is 0 Å². The quantitative estimate of drug-likeness (QED) is 0.344. The third kappa shape index (κ3) is 4.27. The van der Waals surface area contributed by atoms with Gasteiger partial charge < -0.3 is 23.7 Å². The molecule has 3 aromatic carbocycles. The van der Waals surface area contributed by atoms with E-state index in [0.29, 0.717) is 61.0 Å². The molecule has 1 heterocycles. The number of ether oxygens (including phenoxy) is 5. The van der Waals surface area contributed by atoms with Gasteiger partial charge in [-0.3, -0.25) is 4.79 Å². The van der Waals surface area contributed by atoms with Crippen molar-refractivity contribution in [3.05, 3.63) is 80.5 Å². The van der Waals surface area contributed by atoms with Crippen LogP contribution in [0.1, 0.15) is 27.0 Å². The maximum absolute atomic E-state index is 13.0. The lowest BCUT2D eigenvalue weighted by Gasteiger charge is -2.14. The van der Waals surface area contributed by atoms with Crippen molar-refractivity contribution in [1.82, 2.24) is 0 Å². The number of rotatable bonds is 7. The summed E-state index contributed by atoms with van der Waals surface area (Å²) in [6, 6.07) is 12.2. The molecular weight excluding hydrogens is 479 g/mol. The van der Waals surface area contributed by atoms with Crippen molar-refractivity contribution in [1.29, 1.82) is 0 Å². The van der Waals surface area contributed by atoms with Crippen molar-refractivity contribution in [3.63, 3.8) is 0 Å². The van der Waals surface area contributed by atoms with E-state index in [4.69, 9.17) is 46.9 Å². The van der Waals surface area contributed by atoms with Gasteiger partial charge in [0.15, 0.2) is 17.3 Å². The topological polar surface area (TPSA) is 63.2 Å². The van der Waals surface area contributed by atoms with Gasteiger partial charge in [-0.25, -0.2) is 0 Å². The van der Waals surface area contributed by atoms with Gasteiger partial charge in [0.05, 0.1) is 26.9 Å². The lowest BCUT2D eigenvalue weighted by Crippen LogP contribution is -2.00. The Labute approximate surface area is 207 Å². The average Bonchev–Trinajstić information content (AvgIpc) is 3.15. The number of allylic oxidation sites excluding steroid dienone is 1. The lowest BCUT2D eigenvalue weighted by molar-refractivity contribution is 0.101. The van der Waals surface area contributed by atoms with Crippen molar-refractivity contribution in [2.24, 2.45) is 0 Å². The van der Waals surface area contributed by atoms with Gasteiger partial charge in [0.25, 0.3) is 0 Å². The van der Waals surface area contributed by atoms with E-state index in [0.717, 1.165) is 0 Å². The summed E-state index contributed by atoms with van der Waals surface area (Å²) in [4.78, 5) is 13.0. The van der Waals surface area contributed by atoms with E-state index >= 15 is 0 Å². The molecule has 0 fully saturated rings. The van der Waals surface area contributed by atoms with Gasteiger partial charge in [-0.05, 0) is 49.4 Å². The van der Waals surface area contributed by atoms with Crippen molar-refractivity contribution >= 4 is 35.1 Å². The maximum Gasteiger partial charge on any atom is 0.231 e. The zero-order chi connectivity index (χ0) is 24.4. The summed E-state index contributed by atoms with van der Waals surface area (Å²) in [6.45, 7) is 2.01. The fourth-order valence-electron chi connectivity index (χ4n) is 3.72. The molecule has 0 aromatic heterocycles. The van der Waals surface area contributed by atoms with Gasteiger partial charge in [0.2, 0.25) is 11.5 Å². The highest BCUT2D eigenvalue weighted by atomic mass is 35.5. The van der Waals surface area contributed by atoms with E-state index in [1.54, 1.807) is 48.5 Å². The second kappa shape index (κ2) is 9.87. The molecule has 34 heavy (non-hydrogen) atoms. The van der Waals surface area contributed by atoms with Crippen LogP contribution in [-0.4, -0.2) is 27.1 Å². The smallest absolute Gasteiger partial charge is 0.231 e. The number of methoxy groups -OCH3 is 3. The summed E-state index contributed by atoms with van der Waals surface area (Å²) in [5.74, 6) is 2.29. The van der Waals surface area contributed by atoms with Crippen LogP contribution in [0.15, 0.2) is 48.2 Å². The molecule has 176 valence electrons. The van der Waals surface area contributed by atoms with Crippen LogP contribution in [0, 0.1) is 6.92 Å². The normalized spacial score (nSPS) is 13.5. The minimum absolute atomic E-state index is 0.162. The molecule has 1 aliphatic heterocycles. The second-order valence-corrected chi connectivity index (χ2v) is 8.23. The van der Waals surface area contributed by atoms with Crippen molar-refractivity contribution in [2.45, 2.75) is 13.5 Å². The van der Waals surface area contributed by atoms with Crippen LogP contribution in [-0.2, 0) is 6.61 Å². The average molecular weight is 501 g/mol. The van der Waals surface area contributed by atoms with Gasteiger partial charge in [0.1, 0.15) is 18.1 Å². The second-order valence-electron chi connectivity index (χ2n) is 7.42. The Morgan fingerprint density at radius 3 is 2.21 bits per heavy atom. The molecule has 3 aromatic rings. The summed E-state index contributed by atoms with van der Waals surface area (Å²) in [5, 5.41) is 1.04. The fourth-order valence-corrected chi connectivity index (χ4v) is 4.23. The number of fused-ring (bicyclic) bond motifs is 1. The Morgan fingerprint density at radius 1 is 0.882 bits per heavy atom. The standard InChI is InChI=1S/C26H22Cl2O6/c1-14-20(33-13-17-18(27)6-5-7-19(17)28)11-9-16-23(29)22(34-24(14)16)12-15-8-10-21(30-2)26(32-4)25(15)31-3/h5-12H,13H2,1-4H3/b22-12-. The minimum atomic E-state index is -0.240. The number of carbonyl (C=O) groups is 1. The van der Waals surface area contributed by atoms with Crippen LogP contribution in [0.5, 0.6) is 28.7 Å². The fraction of sp³-hybridized carbons (Fsp3) is 0.192. The third-order valence-corrected chi connectivity index (χ3v) is 6.20. The molecule has 0 bridgehead atoms. The first kappa shape index (κ1) is 23.8. The molecule has 0 saturated carbocycles. The van der Waals surface area contributed by atoms with E-state index in [-0.39, 0.29) is 18.1 Å². The molecule has 0 spiro atoms. The largest absolute Gasteiger partial charge is 0.493 e. The zero-order valence-electron chi connectivity index (χ0n) is 19.0. The zero-order valence-corrected chi connectivity index (χ0v) is 20.5. The molecule has 0 unspecified atom stereocenters. The van der Waals surface area contributed by atoms with E-state index in [1.807, 2.05) is 6.92 Å². The summed E-state index contributed by atoms with van der Waals surface area (Å²) in [5.41, 5.74) is 2.44. The molecule has 1 aliphatic rings. The van der Waals surface area contributed by atoms with Crippen LogP contribution >= 0.6 is 23.2 Å². The van der Waals surface area contributed by atoms with Crippen molar-refractivity contribution in [3.8, 4) is 28.7 Å². The number of Topliss-reactive ketones (excluding diaryl/α,β-unsaturated/α-hetero) is 1. The van der Waals surface area contributed by atoms with Gasteiger partial charge in [0, 0.05) is 26.7 Å². The van der Waals surface area contributed by atoms with E-state index in [1.165, 1.54) is 21.3 Å². The maximum atomic E-state index is 13.0. The molecule has 0 saturated heterocycles. The van der Waals surface area contributed by atoms with E-state index < -0.39 is 0 Å². The highest BCUT2D eigenvalue weighted by molar-refractivity contribution is 6.35. The predicted molar refractivity (Wildman–Crippen MR) is 131 cm³/mol.